The molecule has 118 valence electrons. The van der Waals surface area contributed by atoms with Crippen LogP contribution < -0.4 is 5.32 Å². The van der Waals surface area contributed by atoms with Crippen LogP contribution in [0.2, 0.25) is 5.02 Å². The Morgan fingerprint density at radius 3 is 2.70 bits per heavy atom. The van der Waals surface area contributed by atoms with E-state index in [2.05, 4.69) is 10.3 Å². The Morgan fingerprint density at radius 1 is 1.09 bits per heavy atom. The largest absolute Gasteiger partial charge is 0.506 e. The van der Waals surface area contributed by atoms with Crippen LogP contribution in [0.5, 0.6) is 5.75 Å². The zero-order chi connectivity index (χ0) is 19.4. The van der Waals surface area contributed by atoms with Gasteiger partial charge in [0.1, 0.15) is 5.75 Å². The molecule has 4 heteroatoms. The Bertz CT molecular complexity index is 885. The van der Waals surface area contributed by atoms with Crippen molar-refractivity contribution in [3.8, 4) is 5.75 Å². The van der Waals surface area contributed by atoms with Gasteiger partial charge in [0, 0.05) is 16.1 Å². The molecule has 0 atom stereocenters. The van der Waals surface area contributed by atoms with E-state index < -0.39 is 13.0 Å². The highest BCUT2D eigenvalue weighted by atomic mass is 35.5. The fraction of sp³-hybridized carbons (Fsp3) is 0.316. The average Bonchev–Trinajstić information content (AvgIpc) is 2.68. The highest BCUT2D eigenvalue weighted by Gasteiger charge is 2.23. The lowest BCUT2D eigenvalue weighted by atomic mass is 9.89. The molecule has 2 N–H and O–H groups in total. The second kappa shape index (κ2) is 5.99. The minimum Gasteiger partial charge on any atom is -0.506 e. The quantitative estimate of drug-likeness (QED) is 0.773. The van der Waals surface area contributed by atoms with E-state index in [9.17, 15) is 5.11 Å². The maximum atomic E-state index is 9.87. The van der Waals surface area contributed by atoms with Gasteiger partial charge in [0.15, 0.2) is 0 Å². The summed E-state index contributed by atoms with van der Waals surface area (Å²) in [5, 5.41) is 12.9. The van der Waals surface area contributed by atoms with Gasteiger partial charge in [0.05, 0.1) is 11.9 Å². The van der Waals surface area contributed by atoms with Gasteiger partial charge in [-0.2, -0.15) is 0 Å². The van der Waals surface area contributed by atoms with Crippen LogP contribution in [0.25, 0.3) is 5.57 Å². The Morgan fingerprint density at radius 2 is 1.87 bits per heavy atom. The summed E-state index contributed by atoms with van der Waals surface area (Å²) >= 11 is 6.19. The van der Waals surface area contributed by atoms with Crippen LogP contribution in [0.3, 0.4) is 0 Å². The van der Waals surface area contributed by atoms with Crippen LogP contribution in [-0.2, 0) is 12.8 Å². The standard InChI is InChI=1S/C19H19ClN2O/c20-15-3-4-17-13(9-15)1-2-14-10-16(23)11-22-19(14)18(17)12-5-7-21-8-6-12/h3-4,9-11,21,23H,1-2,5-8H2/i7D2,8D2. The van der Waals surface area contributed by atoms with Gasteiger partial charge in [-0.1, -0.05) is 23.2 Å². The molecule has 0 spiro atoms. The summed E-state index contributed by atoms with van der Waals surface area (Å²) in [6.45, 7) is -3.72. The first-order valence-electron chi connectivity index (χ1n) is 9.62. The Balaban J connectivity index is 2.01. The number of rotatable bonds is 0. The molecule has 1 aromatic heterocycles. The molecule has 0 amide bonds. The van der Waals surface area contributed by atoms with E-state index in [1.807, 2.05) is 12.1 Å². The first-order chi connectivity index (χ1) is 12.6. The number of aryl methyl sites for hydroxylation is 2. The predicted molar refractivity (Wildman–Crippen MR) is 92.9 cm³/mol. The zero-order valence-electron chi connectivity index (χ0n) is 16.5. The molecule has 23 heavy (non-hydrogen) atoms. The Hall–Kier alpha value is -1.84. The number of pyridine rings is 1. The molecule has 0 saturated carbocycles. The fourth-order valence-corrected chi connectivity index (χ4v) is 3.48. The highest BCUT2D eigenvalue weighted by molar-refractivity contribution is 6.30. The average molecular weight is 331 g/mol. The smallest absolute Gasteiger partial charge is 0.134 e. The number of piperidine rings is 1. The van der Waals surface area contributed by atoms with Gasteiger partial charge < -0.3 is 10.4 Å². The van der Waals surface area contributed by atoms with E-state index in [-0.39, 0.29) is 18.6 Å². The second-order valence-corrected chi connectivity index (χ2v) is 6.25. The van der Waals surface area contributed by atoms with Crippen molar-refractivity contribution in [2.75, 3.05) is 13.0 Å². The third-order valence-corrected chi connectivity index (χ3v) is 4.56. The number of hydrogen-bond donors (Lipinski definition) is 2. The second-order valence-electron chi connectivity index (χ2n) is 5.81. The van der Waals surface area contributed by atoms with E-state index in [0.717, 1.165) is 22.3 Å². The summed E-state index contributed by atoms with van der Waals surface area (Å²) in [5.74, 6) is 0.0815. The molecule has 0 radical (unpaired) electrons. The molecular formula is C19H19ClN2O. The van der Waals surface area contributed by atoms with Gasteiger partial charge in [-0.25, -0.2) is 0 Å². The molecule has 1 saturated heterocycles. The van der Waals surface area contributed by atoms with Crippen molar-refractivity contribution in [1.82, 2.24) is 10.3 Å². The van der Waals surface area contributed by atoms with Crippen LogP contribution in [0, 0.1) is 0 Å². The third-order valence-electron chi connectivity index (χ3n) is 4.32. The maximum Gasteiger partial charge on any atom is 0.134 e. The van der Waals surface area contributed by atoms with Crippen molar-refractivity contribution in [2.24, 2.45) is 0 Å². The molecular weight excluding hydrogens is 308 g/mol. The van der Waals surface area contributed by atoms with Crippen LogP contribution in [0.15, 0.2) is 36.0 Å². The number of nitrogens with one attached hydrogen (secondary N) is 1. The van der Waals surface area contributed by atoms with Crippen LogP contribution in [0.4, 0.5) is 0 Å². The van der Waals surface area contributed by atoms with Crippen LogP contribution in [-0.4, -0.2) is 23.1 Å². The van der Waals surface area contributed by atoms with Gasteiger partial charge in [-0.05, 0) is 73.6 Å². The normalized spacial score (nSPS) is 24.4. The first kappa shape index (κ1) is 10.8. The van der Waals surface area contributed by atoms with E-state index >= 15 is 0 Å². The zero-order valence-corrected chi connectivity index (χ0v) is 13.2. The molecule has 1 aromatic carbocycles. The molecule has 0 unspecified atom stereocenters. The summed E-state index contributed by atoms with van der Waals surface area (Å²) < 4.78 is 32.5. The van der Waals surface area contributed by atoms with Gasteiger partial charge in [0.2, 0.25) is 0 Å². The van der Waals surface area contributed by atoms with Crippen LogP contribution >= 0.6 is 11.6 Å². The van der Waals surface area contributed by atoms with Crippen molar-refractivity contribution in [3.05, 3.63) is 63.4 Å². The molecule has 1 aliphatic carbocycles. The first-order valence-corrected chi connectivity index (χ1v) is 8.00. The van der Waals surface area contributed by atoms with E-state index in [1.54, 1.807) is 12.1 Å². The highest BCUT2D eigenvalue weighted by Crippen LogP contribution is 2.38. The summed E-state index contributed by atoms with van der Waals surface area (Å²) in [5.41, 5.74) is 4.89. The molecule has 2 heterocycles. The Labute approximate surface area is 146 Å². The van der Waals surface area contributed by atoms with Gasteiger partial charge in [-0.3, -0.25) is 4.98 Å². The molecule has 4 rings (SSSR count). The lowest BCUT2D eigenvalue weighted by Gasteiger charge is -2.21. The molecule has 3 nitrogen and oxygen atoms in total. The maximum absolute atomic E-state index is 9.87. The minimum atomic E-state index is -1.86. The summed E-state index contributed by atoms with van der Waals surface area (Å²) in [7, 11) is 0. The molecule has 2 aromatic rings. The molecule has 1 aliphatic heterocycles. The van der Waals surface area contributed by atoms with Crippen molar-refractivity contribution in [1.29, 1.82) is 0 Å². The summed E-state index contributed by atoms with van der Waals surface area (Å²) in [4.78, 5) is 4.45. The van der Waals surface area contributed by atoms with Crippen molar-refractivity contribution in [2.45, 2.75) is 25.7 Å². The van der Waals surface area contributed by atoms with Gasteiger partial charge >= 0.3 is 0 Å². The van der Waals surface area contributed by atoms with Gasteiger partial charge in [-0.15, -0.1) is 0 Å². The van der Waals surface area contributed by atoms with Crippen molar-refractivity contribution < 1.29 is 10.6 Å². The van der Waals surface area contributed by atoms with E-state index in [0.29, 0.717) is 29.1 Å². The van der Waals surface area contributed by atoms with Gasteiger partial charge in [0.25, 0.3) is 0 Å². The summed E-state index contributed by atoms with van der Waals surface area (Å²) in [6.07, 6.45) is 2.88. The number of nitrogens with zero attached hydrogens (tertiary/aromatic N) is 1. The Kier molecular flexibility index (Phi) is 2.82. The number of aromatic nitrogens is 1. The number of halogens is 1. The fourth-order valence-electron chi connectivity index (χ4n) is 3.28. The third kappa shape index (κ3) is 2.75. The molecule has 2 aliphatic rings. The predicted octanol–water partition coefficient (Wildman–Crippen LogP) is 3.72. The molecule has 0 bridgehead atoms. The van der Waals surface area contributed by atoms with Crippen molar-refractivity contribution in [3.63, 3.8) is 0 Å². The number of aromatic hydroxyl groups is 1. The summed E-state index contributed by atoms with van der Waals surface area (Å²) in [6, 6.07) is 7.27. The lowest BCUT2D eigenvalue weighted by Crippen LogP contribution is -2.24. The topological polar surface area (TPSA) is 45.2 Å². The van der Waals surface area contributed by atoms with E-state index in [1.165, 1.54) is 6.20 Å². The lowest BCUT2D eigenvalue weighted by molar-refractivity contribution is 0.471. The number of hydrogen-bond acceptors (Lipinski definition) is 3. The monoisotopic (exact) mass is 330 g/mol. The number of benzene rings is 1. The number of fused-ring (bicyclic) bond motifs is 2. The molecule has 1 fully saturated rings. The van der Waals surface area contributed by atoms with E-state index in [4.69, 9.17) is 17.1 Å². The SMILES string of the molecule is [2H]C1([2H])CC(=C2c3ccc(Cl)cc3CCc3cc(O)cnc32)CC([2H])([2H])N1. The van der Waals surface area contributed by atoms with Crippen molar-refractivity contribution >= 4 is 17.2 Å². The minimum absolute atomic E-state index is 0.0614. The van der Waals surface area contributed by atoms with Crippen LogP contribution in [0.1, 0.15) is 40.7 Å².